The third kappa shape index (κ3) is 30.8. The Morgan fingerprint density at radius 2 is 0.748 bits per heavy atom. The van der Waals surface area contributed by atoms with Gasteiger partial charge in [-0.3, -0.25) is 19.5 Å². The molecule has 8 aromatic rings. The number of likely N-dealkylation sites (tertiary alicyclic amines) is 1. The number of amides is 3. The number of carbonyl (C=O) groups is 11. The van der Waals surface area contributed by atoms with Crippen molar-refractivity contribution in [2.45, 2.75) is 253 Å². The SMILES string of the molecule is CC(C)(C)OC(=O)c1ccc(-c2cc(B3OC(C)(C)C(C)(C)O3)cnc2N)cc1F.COC(=O)[C@@H]1C=C(C)CN1C(=O)OC(C)(C)C.COC(=O)[C@@H]1C=C(c2cnc(N)c(-c3ccc(C(=O)OC(C)(C)C)c(F)c3)c2)CN1C(=O)OC(C)(C)C.COC(=O)[C@@H]1C[C@H](c2cnc(N)c(-c3ccc(C(=O)O)c(F)c3)c2)CN1.COC(=O)[C@@H]1C[C@H](c2cnc(N)c(-c3ccc(C(=O)OC(C)(C)C)c(F)c3)c2)CN1C(=O)OC(C)(C)C. The number of aromatic nitrogens is 4. The normalized spacial score (nSPS) is 17.8. The van der Waals surface area contributed by atoms with Crippen molar-refractivity contribution in [2.24, 2.45) is 0 Å². The summed E-state index contributed by atoms with van der Waals surface area (Å²) in [5.74, 6) is -8.05. The number of nitrogens with two attached hydrogens (primary N) is 4. The molecule has 0 aliphatic carbocycles. The summed E-state index contributed by atoms with van der Waals surface area (Å²) in [6, 6.07) is 20.4. The molecule has 5 aliphatic rings. The summed E-state index contributed by atoms with van der Waals surface area (Å²) < 4.78 is 122. The largest absolute Gasteiger partial charge is 0.496 e. The maximum Gasteiger partial charge on any atom is 0.496 e. The number of halogens is 4. The minimum atomic E-state index is -1.33. The molecule has 790 valence electrons. The standard InChI is InChI=1S/C27H34FN3O6.C27H32FN3O6.C22H28BFN2O4.C18H18FN3O4.C12H19NO4/c2*1-26(2,3)36-23(32)18-9-8-15(11-20(18)28)19-10-16(13-30-22(19)29)17-12-21(24(33)35-7)31(14-17)25(34)37-27(4,5)6;1-20(2,3)28-19(27)15-9-8-13(10-17(15)24)16-11-14(12-26-18(16)25)23-29-21(4,5)22(6,7)30-23;1-26-18(25)15-6-11(7-21-15)10-4-13(16(20)22-8-10)9-2-3-12(17(23)24)14(19)5-9;1-8-6-9(10(14)16-5)13(7-8)11(15)17-12(2,3)4/h8-11,13,17,21H,12,14H2,1-7H3,(H2,29,30);8-13,21H,14H2,1-7H3,(H2,29,30);8-12H,1-7H3,(H2,25,26);2-5,8,11,15,21H,6-7H2,1H3,(H2,20,22)(H,23,24);6,9H,7H2,1-5H3/t17-,21-;21-;;11-,15-;9-/m00.00/s1. The summed E-state index contributed by atoms with van der Waals surface area (Å²) in [6.07, 6.45) is 8.68. The number of nitrogen functional groups attached to an aromatic ring is 4. The molecule has 3 fully saturated rings. The maximum atomic E-state index is 14.9. The van der Waals surface area contributed by atoms with Gasteiger partial charge in [-0.05, 0) is 301 Å². The fraction of sp³-hybridized carbons (Fsp3) is 0.443. The first-order valence-electron chi connectivity index (χ1n) is 47.0. The van der Waals surface area contributed by atoms with Gasteiger partial charge in [0.2, 0.25) is 0 Å². The lowest BCUT2D eigenvalue weighted by Crippen LogP contribution is -2.44. The van der Waals surface area contributed by atoms with Crippen LogP contribution >= 0.6 is 0 Å². The number of ether oxygens (including phenoxy) is 10. The van der Waals surface area contributed by atoms with Crippen molar-refractivity contribution in [3.05, 3.63) is 202 Å². The van der Waals surface area contributed by atoms with Crippen molar-refractivity contribution in [1.29, 1.82) is 0 Å². The number of nitrogens with one attached hydrogen (secondary N) is 1. The van der Waals surface area contributed by atoms with Gasteiger partial charge in [0.05, 0.1) is 68.4 Å². The molecule has 6 atom stereocenters. The Balaban J connectivity index is 0.000000208. The lowest BCUT2D eigenvalue weighted by atomic mass is 9.79. The van der Waals surface area contributed by atoms with Crippen molar-refractivity contribution in [3.63, 3.8) is 0 Å². The molecule has 0 bridgehead atoms. The number of carboxylic acid groups (broad SMARTS) is 1. The van der Waals surface area contributed by atoms with Crippen LogP contribution in [-0.2, 0) is 75.9 Å². The van der Waals surface area contributed by atoms with Gasteiger partial charge in [0, 0.05) is 78.1 Å². The number of methoxy groups -OCH3 is 4. The van der Waals surface area contributed by atoms with E-state index in [-0.39, 0.29) is 76.9 Å². The van der Waals surface area contributed by atoms with E-state index >= 15 is 0 Å². The topological polar surface area (TPSA) is 496 Å². The molecule has 147 heavy (non-hydrogen) atoms. The first-order chi connectivity index (χ1) is 68.0. The second-order valence-corrected chi connectivity index (χ2v) is 42.3. The zero-order chi connectivity index (χ0) is 110. The molecule has 3 amide bonds. The summed E-state index contributed by atoms with van der Waals surface area (Å²) in [5, 5.41) is 12.0. The first-order valence-corrected chi connectivity index (χ1v) is 47.0. The van der Waals surface area contributed by atoms with E-state index < -0.39 is 159 Å². The highest BCUT2D eigenvalue weighted by atomic mass is 19.1. The molecule has 0 spiro atoms. The van der Waals surface area contributed by atoms with Crippen LogP contribution in [0.1, 0.15) is 242 Å². The Labute approximate surface area is 852 Å². The van der Waals surface area contributed by atoms with Crippen molar-refractivity contribution in [1.82, 2.24) is 40.0 Å². The third-order valence-electron chi connectivity index (χ3n) is 23.2. The predicted octanol–water partition coefficient (Wildman–Crippen LogP) is 16.5. The highest BCUT2D eigenvalue weighted by molar-refractivity contribution is 6.62. The summed E-state index contributed by atoms with van der Waals surface area (Å²) >= 11 is 0. The Kier molecular flexibility index (Phi) is 36.6. The van der Waals surface area contributed by atoms with Gasteiger partial charge >= 0.3 is 73.2 Å². The maximum absolute atomic E-state index is 14.9. The van der Waals surface area contributed by atoms with E-state index in [1.54, 1.807) is 198 Å². The second kappa shape index (κ2) is 46.4. The molecular formula is C106H131BF4N12O24. The number of carbonyl (C=O) groups excluding carboxylic acids is 10. The summed E-state index contributed by atoms with van der Waals surface area (Å²) in [4.78, 5) is 154. The Bertz CT molecular complexity index is 6330. The van der Waals surface area contributed by atoms with E-state index in [9.17, 15) is 70.3 Å². The van der Waals surface area contributed by atoms with Crippen molar-refractivity contribution in [2.75, 3.05) is 77.6 Å². The number of benzene rings is 4. The number of carboxylic acids is 1. The quantitative estimate of drug-likeness (QED) is 0.0172. The molecule has 9 heterocycles. The second-order valence-electron chi connectivity index (χ2n) is 42.3. The first kappa shape index (κ1) is 116. The van der Waals surface area contributed by atoms with Crippen LogP contribution < -0.4 is 33.7 Å². The van der Waals surface area contributed by atoms with Gasteiger partial charge in [0.15, 0.2) is 12.1 Å². The molecular weight excluding hydrogens is 1910 g/mol. The van der Waals surface area contributed by atoms with Crippen LogP contribution in [0.4, 0.5) is 55.2 Å². The average molecular weight is 2040 g/mol. The van der Waals surface area contributed by atoms with Crippen LogP contribution in [0, 0.1) is 23.3 Å². The van der Waals surface area contributed by atoms with E-state index in [1.807, 2.05) is 34.6 Å². The summed E-state index contributed by atoms with van der Waals surface area (Å²) in [6.45, 7) is 42.1. The number of aromatic carboxylic acids is 1. The Hall–Kier alpha value is -14.6. The van der Waals surface area contributed by atoms with E-state index in [0.29, 0.717) is 92.6 Å². The molecule has 0 radical (unpaired) electrons. The number of esters is 7. The van der Waals surface area contributed by atoms with Crippen LogP contribution in [0.5, 0.6) is 0 Å². The molecule has 5 aliphatic heterocycles. The summed E-state index contributed by atoms with van der Waals surface area (Å²) in [7, 11) is 4.53. The number of nitrogens with zero attached hydrogens (tertiary/aromatic N) is 7. The van der Waals surface area contributed by atoms with E-state index in [2.05, 4.69) is 30.0 Å². The van der Waals surface area contributed by atoms with Crippen LogP contribution in [0.15, 0.2) is 140 Å². The van der Waals surface area contributed by atoms with Gasteiger partial charge in [0.25, 0.3) is 0 Å². The molecule has 10 N–H and O–H groups in total. The van der Waals surface area contributed by atoms with Crippen LogP contribution in [0.25, 0.3) is 50.1 Å². The lowest BCUT2D eigenvalue weighted by molar-refractivity contribution is -0.146. The van der Waals surface area contributed by atoms with E-state index in [4.69, 9.17) is 80.0 Å². The Morgan fingerprint density at radius 3 is 1.12 bits per heavy atom. The highest BCUT2D eigenvalue weighted by Crippen LogP contribution is 2.42. The van der Waals surface area contributed by atoms with Gasteiger partial charge in [-0.15, -0.1) is 0 Å². The van der Waals surface area contributed by atoms with Crippen molar-refractivity contribution < 1.29 is 132 Å². The monoisotopic (exact) mass is 2040 g/mol. The third-order valence-corrected chi connectivity index (χ3v) is 23.2. The smallest absolute Gasteiger partial charge is 0.478 e. The molecule has 0 saturated carbocycles. The van der Waals surface area contributed by atoms with Crippen LogP contribution in [0.2, 0.25) is 0 Å². The van der Waals surface area contributed by atoms with E-state index in [0.717, 1.165) is 17.2 Å². The zero-order valence-electron chi connectivity index (χ0n) is 87.8. The average Bonchev–Trinajstić information content (AvgIpc) is 1.64. The summed E-state index contributed by atoms with van der Waals surface area (Å²) in [5.41, 5.74) is 26.0. The minimum Gasteiger partial charge on any atom is -0.478 e. The highest BCUT2D eigenvalue weighted by Gasteiger charge is 2.53. The number of anilines is 4. The van der Waals surface area contributed by atoms with Crippen LogP contribution in [-0.4, -0.2) is 236 Å². The van der Waals surface area contributed by atoms with Gasteiger partial charge in [0.1, 0.15) is 92.2 Å². The van der Waals surface area contributed by atoms with E-state index in [1.165, 1.54) is 97.9 Å². The van der Waals surface area contributed by atoms with Gasteiger partial charge in [-0.1, -0.05) is 35.9 Å². The molecule has 4 aromatic heterocycles. The fourth-order valence-electron chi connectivity index (χ4n) is 15.5. The number of pyridine rings is 4. The van der Waals surface area contributed by atoms with Gasteiger partial charge < -0.3 is 90.0 Å². The molecule has 36 nitrogen and oxygen atoms in total. The van der Waals surface area contributed by atoms with Crippen LogP contribution in [0.3, 0.4) is 0 Å². The zero-order valence-corrected chi connectivity index (χ0v) is 87.8. The van der Waals surface area contributed by atoms with Gasteiger partial charge in [-0.2, -0.15) is 0 Å². The molecule has 41 heteroatoms. The molecule has 4 aromatic carbocycles. The Morgan fingerprint density at radius 1 is 0.408 bits per heavy atom. The van der Waals surface area contributed by atoms with Crippen molar-refractivity contribution >= 4 is 107 Å². The molecule has 13 rings (SSSR count). The lowest BCUT2D eigenvalue weighted by Gasteiger charge is -2.32. The molecule has 0 unspecified atom stereocenters. The number of rotatable bonds is 16. The molecule has 3 saturated heterocycles. The number of hydrogen-bond acceptors (Lipinski definition) is 32. The van der Waals surface area contributed by atoms with Gasteiger partial charge in [-0.25, -0.2) is 85.4 Å². The minimum absolute atomic E-state index is 0.0362. The predicted molar refractivity (Wildman–Crippen MR) is 541 cm³/mol. The fourth-order valence-corrected chi connectivity index (χ4v) is 15.5. The van der Waals surface area contributed by atoms with Crippen molar-refractivity contribution in [3.8, 4) is 44.5 Å². The number of hydrogen-bond donors (Lipinski definition) is 6.